The van der Waals surface area contributed by atoms with Gasteiger partial charge in [-0.05, 0) is 24.8 Å². The largest absolute Gasteiger partial charge is 0.481 e. The molecule has 1 aliphatic rings. The molecule has 1 fully saturated rings. The van der Waals surface area contributed by atoms with Crippen LogP contribution in [0, 0.1) is 0 Å². The van der Waals surface area contributed by atoms with Gasteiger partial charge in [-0.15, -0.1) is 0 Å². The van der Waals surface area contributed by atoms with Crippen molar-refractivity contribution in [3.8, 4) is 0 Å². The first kappa shape index (κ1) is 16.3. The highest BCUT2D eigenvalue weighted by Gasteiger charge is 2.35. The fraction of sp³-hybridized carbons (Fsp3) is 0.500. The molecule has 0 bridgehead atoms. The normalized spacial score (nSPS) is 21.6. The van der Waals surface area contributed by atoms with Crippen molar-refractivity contribution >= 4 is 12.1 Å². The lowest BCUT2D eigenvalue weighted by Crippen LogP contribution is -2.50. The Morgan fingerprint density at radius 2 is 2.00 bits per heavy atom. The van der Waals surface area contributed by atoms with E-state index >= 15 is 0 Å². The van der Waals surface area contributed by atoms with Crippen LogP contribution in [0.25, 0.3) is 0 Å². The van der Waals surface area contributed by atoms with E-state index in [2.05, 4.69) is 5.32 Å². The smallest absolute Gasteiger partial charge is 0.407 e. The summed E-state index contributed by atoms with van der Waals surface area (Å²) in [5, 5.41) is 11.9. The van der Waals surface area contributed by atoms with Gasteiger partial charge < -0.3 is 19.9 Å². The predicted molar refractivity (Wildman–Crippen MR) is 79.4 cm³/mol. The molecule has 1 aliphatic heterocycles. The number of nitrogens with one attached hydrogen (secondary N) is 1. The summed E-state index contributed by atoms with van der Waals surface area (Å²) in [6, 6.07) is 9.34. The van der Waals surface area contributed by atoms with E-state index in [1.807, 2.05) is 30.3 Å². The lowest BCUT2D eigenvalue weighted by atomic mass is 9.87. The van der Waals surface area contributed by atoms with Gasteiger partial charge in [-0.2, -0.15) is 0 Å². The van der Waals surface area contributed by atoms with Crippen LogP contribution in [-0.2, 0) is 20.9 Å². The number of ether oxygens (including phenoxy) is 2. The van der Waals surface area contributed by atoms with E-state index in [4.69, 9.17) is 14.6 Å². The SMILES string of the molecule is O=C(O)CC1(NC(=O)OCc2ccccc2)CCCOCC1. The van der Waals surface area contributed by atoms with Crippen LogP contribution < -0.4 is 5.32 Å². The van der Waals surface area contributed by atoms with Crippen LogP contribution in [0.5, 0.6) is 0 Å². The van der Waals surface area contributed by atoms with Crippen molar-refractivity contribution in [1.29, 1.82) is 0 Å². The minimum Gasteiger partial charge on any atom is -0.481 e. The molecular weight excluding hydrogens is 286 g/mol. The number of carboxylic acid groups (broad SMARTS) is 1. The van der Waals surface area contributed by atoms with E-state index in [1.54, 1.807) is 0 Å². The summed E-state index contributed by atoms with van der Waals surface area (Å²) in [5.74, 6) is -0.940. The van der Waals surface area contributed by atoms with Crippen molar-refractivity contribution in [1.82, 2.24) is 5.32 Å². The van der Waals surface area contributed by atoms with Crippen molar-refractivity contribution in [2.45, 2.75) is 37.8 Å². The topological polar surface area (TPSA) is 84.9 Å². The Balaban J connectivity index is 1.93. The summed E-state index contributed by atoms with van der Waals surface area (Å²) in [4.78, 5) is 23.1. The molecule has 1 amide bonds. The zero-order chi connectivity index (χ0) is 15.8. The number of alkyl carbamates (subject to hydrolysis) is 1. The van der Waals surface area contributed by atoms with Gasteiger partial charge in [-0.25, -0.2) is 4.79 Å². The van der Waals surface area contributed by atoms with Crippen LogP contribution in [0.2, 0.25) is 0 Å². The van der Waals surface area contributed by atoms with Crippen LogP contribution in [0.1, 0.15) is 31.2 Å². The summed E-state index contributed by atoms with van der Waals surface area (Å²) in [7, 11) is 0. The van der Waals surface area contributed by atoms with E-state index < -0.39 is 17.6 Å². The van der Waals surface area contributed by atoms with Crippen molar-refractivity contribution in [2.24, 2.45) is 0 Å². The minimum absolute atomic E-state index is 0.128. The van der Waals surface area contributed by atoms with Gasteiger partial charge >= 0.3 is 12.1 Å². The number of carbonyl (C=O) groups excluding carboxylic acids is 1. The molecule has 0 aromatic heterocycles. The maximum atomic E-state index is 12.0. The summed E-state index contributed by atoms with van der Waals surface area (Å²) in [5.41, 5.74) is 0.0879. The van der Waals surface area contributed by atoms with Crippen LogP contribution in [0.15, 0.2) is 30.3 Å². The Hall–Kier alpha value is -2.08. The first-order valence-electron chi connectivity index (χ1n) is 7.38. The van der Waals surface area contributed by atoms with Crippen LogP contribution in [0.4, 0.5) is 4.79 Å². The molecule has 2 N–H and O–H groups in total. The van der Waals surface area contributed by atoms with Crippen LogP contribution in [-0.4, -0.2) is 35.9 Å². The second-order valence-corrected chi connectivity index (χ2v) is 5.50. The van der Waals surface area contributed by atoms with Crippen molar-refractivity contribution in [2.75, 3.05) is 13.2 Å². The Morgan fingerprint density at radius 3 is 2.73 bits per heavy atom. The molecule has 2 rings (SSSR count). The van der Waals surface area contributed by atoms with Gasteiger partial charge in [0.2, 0.25) is 0 Å². The van der Waals surface area contributed by atoms with Crippen molar-refractivity contribution in [3.05, 3.63) is 35.9 Å². The zero-order valence-corrected chi connectivity index (χ0v) is 12.4. The number of amides is 1. The molecule has 1 heterocycles. The Kier molecular flexibility index (Phi) is 5.77. The third-order valence-electron chi connectivity index (χ3n) is 3.74. The number of benzene rings is 1. The zero-order valence-electron chi connectivity index (χ0n) is 12.4. The van der Waals surface area contributed by atoms with Gasteiger partial charge in [-0.1, -0.05) is 30.3 Å². The maximum absolute atomic E-state index is 12.0. The van der Waals surface area contributed by atoms with E-state index in [9.17, 15) is 9.59 Å². The maximum Gasteiger partial charge on any atom is 0.407 e. The minimum atomic E-state index is -0.940. The molecule has 0 aliphatic carbocycles. The molecule has 1 saturated heterocycles. The van der Waals surface area contributed by atoms with Crippen molar-refractivity contribution in [3.63, 3.8) is 0 Å². The number of aliphatic carboxylic acids is 1. The molecule has 1 aromatic rings. The third kappa shape index (κ3) is 5.04. The lowest BCUT2D eigenvalue weighted by molar-refractivity contribution is -0.138. The standard InChI is InChI=1S/C16H21NO5/c18-14(19)11-16(7-4-9-21-10-8-16)17-15(20)22-12-13-5-2-1-3-6-13/h1-3,5-6H,4,7-12H2,(H,17,20)(H,18,19). The van der Waals surface area contributed by atoms with Gasteiger partial charge in [0.05, 0.1) is 12.0 Å². The van der Waals surface area contributed by atoms with Crippen molar-refractivity contribution < 1.29 is 24.2 Å². The second kappa shape index (κ2) is 7.79. The van der Waals surface area contributed by atoms with E-state index in [0.29, 0.717) is 32.5 Å². The first-order chi connectivity index (χ1) is 10.6. The molecule has 1 aromatic carbocycles. The Labute approximate surface area is 129 Å². The first-order valence-corrected chi connectivity index (χ1v) is 7.38. The van der Waals surface area contributed by atoms with Gasteiger partial charge in [-0.3, -0.25) is 4.79 Å². The highest BCUT2D eigenvalue weighted by atomic mass is 16.5. The van der Waals surface area contributed by atoms with Gasteiger partial charge in [0.25, 0.3) is 0 Å². The van der Waals surface area contributed by atoms with Crippen LogP contribution >= 0.6 is 0 Å². The van der Waals surface area contributed by atoms with E-state index in [1.165, 1.54) is 0 Å². The molecule has 6 nitrogen and oxygen atoms in total. The van der Waals surface area contributed by atoms with E-state index in [0.717, 1.165) is 5.56 Å². The van der Waals surface area contributed by atoms with E-state index in [-0.39, 0.29) is 13.0 Å². The fourth-order valence-corrected chi connectivity index (χ4v) is 2.62. The molecule has 1 unspecified atom stereocenters. The van der Waals surface area contributed by atoms with Gasteiger partial charge in [0.1, 0.15) is 6.61 Å². The molecule has 1 atom stereocenters. The predicted octanol–water partition coefficient (Wildman–Crippen LogP) is 2.33. The average molecular weight is 307 g/mol. The quantitative estimate of drug-likeness (QED) is 0.872. The number of rotatable bonds is 5. The summed E-state index contributed by atoms with van der Waals surface area (Å²) in [6.07, 6.45) is 1.04. The summed E-state index contributed by atoms with van der Waals surface area (Å²) in [6.45, 7) is 1.18. The second-order valence-electron chi connectivity index (χ2n) is 5.50. The van der Waals surface area contributed by atoms with Gasteiger partial charge in [0, 0.05) is 13.2 Å². The molecule has 0 spiro atoms. The molecular formula is C16H21NO5. The lowest BCUT2D eigenvalue weighted by Gasteiger charge is -2.31. The summed E-state index contributed by atoms with van der Waals surface area (Å²) < 4.78 is 10.6. The Bertz CT molecular complexity index is 495. The summed E-state index contributed by atoms with van der Waals surface area (Å²) >= 11 is 0. The Morgan fingerprint density at radius 1 is 1.23 bits per heavy atom. The molecule has 6 heteroatoms. The average Bonchev–Trinajstić information content (AvgIpc) is 2.71. The molecule has 0 saturated carbocycles. The van der Waals surface area contributed by atoms with Crippen LogP contribution in [0.3, 0.4) is 0 Å². The number of hydrogen-bond donors (Lipinski definition) is 2. The molecule has 22 heavy (non-hydrogen) atoms. The highest BCUT2D eigenvalue weighted by Crippen LogP contribution is 2.25. The van der Waals surface area contributed by atoms with Gasteiger partial charge in [0.15, 0.2) is 0 Å². The monoisotopic (exact) mass is 307 g/mol. The highest BCUT2D eigenvalue weighted by molar-refractivity contribution is 5.72. The molecule has 120 valence electrons. The third-order valence-corrected chi connectivity index (χ3v) is 3.74. The number of carbonyl (C=O) groups is 2. The number of hydrogen-bond acceptors (Lipinski definition) is 4. The fourth-order valence-electron chi connectivity index (χ4n) is 2.62. The molecule has 0 radical (unpaired) electrons. The number of carboxylic acids is 1.